The number of aliphatic hydroxyl groups excluding tert-OH is 1. The summed E-state index contributed by atoms with van der Waals surface area (Å²) < 4.78 is 4.59. The number of nitrogens with zero attached hydrogens (tertiary/aromatic N) is 3. The molecular formula is C36H69Cl2N5O3S. The van der Waals surface area contributed by atoms with Gasteiger partial charge < -0.3 is 30.7 Å². The standard InChI is InChI=1S/C20H33ClN2O3.C10H22N2S.C4H9N.C2H5Cl/c1-5-6-18(21)11-15(2)16(3)12-19(24)14-23-9-7-17(8-10-23)13-22-20(25)26-4;1-3-11-6-8-12(9-7-11)5-4-10-13-2;1-4(2)3-5;1-2-3/h12,15-18,24H,7-11,13-14H2,1-4H3,(H,22,25);3-10H2,1-2H3;3H,5H2,1-2H3;2H2,1H3/b19-12-;;;. The maximum Gasteiger partial charge on any atom is 0.406 e. The van der Waals surface area contributed by atoms with Gasteiger partial charge in [-0.25, -0.2) is 4.79 Å². The first kappa shape index (κ1) is 47.8. The van der Waals surface area contributed by atoms with E-state index in [0.29, 0.717) is 30.7 Å². The van der Waals surface area contributed by atoms with E-state index in [-0.39, 0.29) is 17.4 Å². The number of nitrogens with two attached hydrogens (primary N) is 1. The number of ether oxygens (including phenoxy) is 1. The van der Waals surface area contributed by atoms with Crippen molar-refractivity contribution in [2.75, 3.05) is 90.4 Å². The topological polar surface area (TPSA) is 94.3 Å². The highest BCUT2D eigenvalue weighted by Crippen LogP contribution is 2.22. The van der Waals surface area contributed by atoms with Crippen LogP contribution in [0.1, 0.15) is 74.1 Å². The molecule has 2 heterocycles. The van der Waals surface area contributed by atoms with Gasteiger partial charge in [0.25, 0.3) is 0 Å². The largest absolute Gasteiger partial charge is 0.511 e. The van der Waals surface area contributed by atoms with Crippen molar-refractivity contribution < 1.29 is 14.6 Å². The van der Waals surface area contributed by atoms with E-state index in [1.807, 2.05) is 38.6 Å². The van der Waals surface area contributed by atoms with Gasteiger partial charge in [0, 0.05) is 38.6 Å². The molecule has 276 valence electrons. The molecule has 0 saturated carbocycles. The van der Waals surface area contributed by atoms with Crippen molar-refractivity contribution in [3.8, 4) is 11.8 Å². The molecule has 0 aliphatic carbocycles. The highest BCUT2D eigenvalue weighted by Gasteiger charge is 2.21. The number of alkyl halides is 2. The number of rotatable bonds is 13. The molecule has 11 heteroatoms. The van der Waals surface area contributed by atoms with Crippen LogP contribution in [0, 0.1) is 29.6 Å². The summed E-state index contributed by atoms with van der Waals surface area (Å²) in [6.45, 7) is 24.8. The molecule has 0 spiro atoms. The molecule has 1 amide bonds. The Labute approximate surface area is 303 Å². The van der Waals surface area contributed by atoms with Gasteiger partial charge >= 0.3 is 6.09 Å². The number of carbonyl (C=O) groups excluding carboxylic acids is 1. The summed E-state index contributed by atoms with van der Waals surface area (Å²) in [4.78, 5) is 18.5. The molecule has 2 aliphatic heterocycles. The quantitative estimate of drug-likeness (QED) is 0.0791. The molecule has 3 unspecified atom stereocenters. The van der Waals surface area contributed by atoms with Crippen molar-refractivity contribution in [1.29, 1.82) is 0 Å². The van der Waals surface area contributed by atoms with Crippen molar-refractivity contribution >= 4 is 41.1 Å². The number of piperazine rings is 1. The highest BCUT2D eigenvalue weighted by molar-refractivity contribution is 7.98. The first-order valence-corrected chi connectivity index (χ1v) is 19.6. The molecule has 2 aliphatic rings. The minimum absolute atomic E-state index is 0.134. The third-order valence-corrected chi connectivity index (χ3v) is 9.10. The van der Waals surface area contributed by atoms with Crippen LogP contribution in [-0.4, -0.2) is 122 Å². The van der Waals surface area contributed by atoms with Crippen molar-refractivity contribution in [1.82, 2.24) is 20.0 Å². The summed E-state index contributed by atoms with van der Waals surface area (Å²) in [5.74, 6) is 9.34. The Kier molecular flexibility index (Phi) is 32.5. The van der Waals surface area contributed by atoms with E-state index in [2.05, 4.69) is 63.6 Å². The molecule has 0 bridgehead atoms. The summed E-state index contributed by atoms with van der Waals surface area (Å²) in [6, 6.07) is 0. The highest BCUT2D eigenvalue weighted by atomic mass is 35.5. The molecule has 8 nitrogen and oxygen atoms in total. The first-order valence-electron chi connectivity index (χ1n) is 17.3. The smallest absolute Gasteiger partial charge is 0.406 e. The number of nitrogens with one attached hydrogen (secondary N) is 1. The lowest BCUT2D eigenvalue weighted by Crippen LogP contribution is -2.46. The van der Waals surface area contributed by atoms with Gasteiger partial charge in [-0.1, -0.05) is 39.2 Å². The average Bonchev–Trinajstić information content (AvgIpc) is 3.05. The number of likely N-dealkylation sites (tertiary alicyclic amines) is 1. The Morgan fingerprint density at radius 2 is 1.66 bits per heavy atom. The van der Waals surface area contributed by atoms with Gasteiger partial charge in [-0.2, -0.15) is 11.8 Å². The Morgan fingerprint density at radius 3 is 2.13 bits per heavy atom. The van der Waals surface area contributed by atoms with E-state index in [4.69, 9.17) is 28.9 Å². The fourth-order valence-corrected chi connectivity index (χ4v) is 5.72. The van der Waals surface area contributed by atoms with Gasteiger partial charge in [-0.3, -0.25) is 4.90 Å². The third-order valence-electron chi connectivity index (χ3n) is 8.11. The van der Waals surface area contributed by atoms with E-state index >= 15 is 0 Å². The molecule has 2 saturated heterocycles. The number of thioether (sulfide) groups is 1. The van der Waals surface area contributed by atoms with Crippen molar-refractivity contribution in [2.24, 2.45) is 23.5 Å². The first-order chi connectivity index (χ1) is 22.4. The fraction of sp³-hybridized carbons (Fsp3) is 0.806. The number of hydrogen-bond acceptors (Lipinski definition) is 8. The van der Waals surface area contributed by atoms with Crippen LogP contribution in [0.3, 0.4) is 0 Å². The predicted molar refractivity (Wildman–Crippen MR) is 208 cm³/mol. The Hall–Kier alpha value is -1.28. The SMILES string of the molecule is CC#CC(Cl)CC(C)C(C)/C=C(\O)CN1CCC(CNC(=O)OC)CC1.CC(C)=CN.CCCl.CCN1CCN(CCCSC)CC1. The molecule has 4 N–H and O–H groups in total. The maximum atomic E-state index is 11.1. The number of piperidine rings is 1. The zero-order chi connectivity index (χ0) is 36.0. The molecule has 0 aromatic rings. The molecule has 2 fully saturated rings. The van der Waals surface area contributed by atoms with Gasteiger partial charge in [-0.05, 0) is 115 Å². The van der Waals surface area contributed by atoms with Crippen LogP contribution in [0.2, 0.25) is 0 Å². The monoisotopic (exact) mass is 721 g/mol. The summed E-state index contributed by atoms with van der Waals surface area (Å²) in [5, 5.41) is 12.9. The number of alkyl carbamates (subject to hydrolysis) is 1. The number of carbonyl (C=O) groups is 1. The van der Waals surface area contributed by atoms with Crippen LogP contribution >= 0.6 is 35.0 Å². The fourth-order valence-electron chi connectivity index (χ4n) is 4.92. The lowest BCUT2D eigenvalue weighted by molar-refractivity contribution is 0.138. The van der Waals surface area contributed by atoms with Crippen molar-refractivity contribution in [2.45, 2.75) is 79.5 Å². The average molecular weight is 723 g/mol. The van der Waals surface area contributed by atoms with E-state index < -0.39 is 0 Å². The van der Waals surface area contributed by atoms with Gasteiger partial charge in [-0.15, -0.1) is 29.1 Å². The molecule has 0 radical (unpaired) electrons. The van der Waals surface area contributed by atoms with Crippen LogP contribution in [0.5, 0.6) is 0 Å². The summed E-state index contributed by atoms with van der Waals surface area (Å²) in [6.07, 6.45) is 9.52. The number of allylic oxidation sites excluding steroid dienone is 2. The second-order valence-electron chi connectivity index (χ2n) is 12.3. The third kappa shape index (κ3) is 28.3. The number of methoxy groups -OCH3 is 1. The number of hydrogen-bond donors (Lipinski definition) is 3. The van der Waals surface area contributed by atoms with Crippen molar-refractivity contribution in [3.63, 3.8) is 0 Å². The summed E-state index contributed by atoms with van der Waals surface area (Å²) in [7, 11) is 1.37. The molecule has 47 heavy (non-hydrogen) atoms. The molecule has 0 aromatic carbocycles. The van der Waals surface area contributed by atoms with Crippen LogP contribution in [0.15, 0.2) is 23.6 Å². The van der Waals surface area contributed by atoms with E-state index in [0.717, 1.165) is 43.8 Å². The number of likely N-dealkylation sites (N-methyl/N-ethyl adjacent to an activating group) is 1. The lowest BCUT2D eigenvalue weighted by Gasteiger charge is -2.33. The zero-order valence-electron chi connectivity index (χ0n) is 31.1. The van der Waals surface area contributed by atoms with Crippen LogP contribution < -0.4 is 11.1 Å². The second-order valence-corrected chi connectivity index (χ2v) is 14.4. The Bertz CT molecular complexity index is 877. The molecule has 2 rings (SSSR count). The minimum atomic E-state index is -0.375. The van der Waals surface area contributed by atoms with Gasteiger partial charge in [0.05, 0.1) is 19.0 Å². The van der Waals surface area contributed by atoms with Crippen LogP contribution in [-0.2, 0) is 4.74 Å². The van der Waals surface area contributed by atoms with E-state index in [1.165, 1.54) is 58.6 Å². The zero-order valence-corrected chi connectivity index (χ0v) is 33.5. The van der Waals surface area contributed by atoms with E-state index in [1.54, 1.807) is 13.1 Å². The maximum absolute atomic E-state index is 11.1. The Balaban J connectivity index is 0. The minimum Gasteiger partial charge on any atom is -0.511 e. The Morgan fingerprint density at radius 1 is 1.11 bits per heavy atom. The lowest BCUT2D eigenvalue weighted by atomic mass is 9.90. The number of halogens is 2. The normalized spacial score (nSPS) is 17.8. The van der Waals surface area contributed by atoms with Gasteiger partial charge in [0.15, 0.2) is 0 Å². The van der Waals surface area contributed by atoms with E-state index in [9.17, 15) is 9.90 Å². The van der Waals surface area contributed by atoms with Gasteiger partial charge in [0.2, 0.25) is 0 Å². The second kappa shape index (κ2) is 32.0. The predicted octanol–water partition coefficient (Wildman–Crippen LogP) is 7.28. The van der Waals surface area contributed by atoms with Gasteiger partial charge in [0.1, 0.15) is 5.76 Å². The molecule has 0 aromatic heterocycles. The molecule has 3 atom stereocenters. The number of amides is 1. The van der Waals surface area contributed by atoms with Crippen LogP contribution in [0.4, 0.5) is 4.79 Å². The summed E-state index contributed by atoms with van der Waals surface area (Å²) >= 11 is 13.1. The van der Waals surface area contributed by atoms with Crippen LogP contribution in [0.25, 0.3) is 0 Å². The molecular weight excluding hydrogens is 653 g/mol. The number of aliphatic hydroxyl groups is 1. The summed E-state index contributed by atoms with van der Waals surface area (Å²) in [5.41, 5.74) is 6.17. The van der Waals surface area contributed by atoms with Crippen molar-refractivity contribution in [3.05, 3.63) is 23.6 Å².